The molecule has 0 aliphatic rings. The van der Waals surface area contributed by atoms with Crippen molar-refractivity contribution in [2.75, 3.05) is 13.6 Å². The van der Waals surface area contributed by atoms with Crippen molar-refractivity contribution in [3.8, 4) is 0 Å². The van der Waals surface area contributed by atoms with Crippen LogP contribution in [0.1, 0.15) is 26.7 Å². The number of nitrogens with zero attached hydrogens (tertiary/aromatic N) is 1. The lowest BCUT2D eigenvalue weighted by molar-refractivity contribution is -0.137. The number of hydrogen-bond donors (Lipinski definition) is 2. The number of aliphatic carboxylic acids is 1. The Hall–Kier alpha value is -0.660. The maximum Gasteiger partial charge on any atom is 0.303 e. The quantitative estimate of drug-likeness (QED) is 0.612. The molecule has 0 fully saturated rings. The molecule has 6 nitrogen and oxygen atoms in total. The number of rotatable bonds is 7. The van der Waals surface area contributed by atoms with Crippen LogP contribution in [-0.4, -0.2) is 43.4 Å². The third-order valence-corrected chi connectivity index (χ3v) is 3.71. The summed E-state index contributed by atoms with van der Waals surface area (Å²) in [5.74, 6) is -0.925. The molecule has 0 rings (SSSR count). The SMILES string of the molecule is CC(C)N(C)S(=O)(=O)NCCCC(=O)O. The van der Waals surface area contributed by atoms with E-state index in [2.05, 4.69) is 4.72 Å². The summed E-state index contributed by atoms with van der Waals surface area (Å²) < 4.78 is 26.5. The highest BCUT2D eigenvalue weighted by molar-refractivity contribution is 7.87. The molecule has 0 spiro atoms. The highest BCUT2D eigenvalue weighted by Gasteiger charge is 2.19. The van der Waals surface area contributed by atoms with Gasteiger partial charge in [0.15, 0.2) is 0 Å². The van der Waals surface area contributed by atoms with Gasteiger partial charge >= 0.3 is 5.97 Å². The first kappa shape index (κ1) is 14.3. The van der Waals surface area contributed by atoms with Crippen LogP contribution in [0.25, 0.3) is 0 Å². The van der Waals surface area contributed by atoms with Crippen molar-refractivity contribution in [2.45, 2.75) is 32.7 Å². The molecule has 90 valence electrons. The van der Waals surface area contributed by atoms with Gasteiger partial charge in [-0.15, -0.1) is 0 Å². The van der Waals surface area contributed by atoms with Crippen LogP contribution >= 0.6 is 0 Å². The van der Waals surface area contributed by atoms with Gasteiger partial charge in [-0.1, -0.05) is 0 Å². The maximum absolute atomic E-state index is 11.5. The lowest BCUT2D eigenvalue weighted by Crippen LogP contribution is -2.42. The van der Waals surface area contributed by atoms with Gasteiger partial charge in [0, 0.05) is 26.1 Å². The van der Waals surface area contributed by atoms with Crippen LogP contribution < -0.4 is 4.72 Å². The van der Waals surface area contributed by atoms with Crippen LogP contribution in [0.4, 0.5) is 0 Å². The summed E-state index contributed by atoms with van der Waals surface area (Å²) in [6.45, 7) is 3.67. The minimum absolute atomic E-state index is 0.0338. The van der Waals surface area contributed by atoms with Crippen molar-refractivity contribution in [3.05, 3.63) is 0 Å². The minimum Gasteiger partial charge on any atom is -0.481 e. The molecule has 0 aromatic rings. The molecule has 7 heteroatoms. The number of nitrogens with one attached hydrogen (secondary N) is 1. The van der Waals surface area contributed by atoms with Gasteiger partial charge in [-0.3, -0.25) is 4.79 Å². The Labute approximate surface area is 90.5 Å². The number of hydrogen-bond acceptors (Lipinski definition) is 3. The van der Waals surface area contributed by atoms with Crippen LogP contribution in [-0.2, 0) is 15.0 Å². The average molecular weight is 238 g/mol. The number of carboxylic acid groups (broad SMARTS) is 1. The van der Waals surface area contributed by atoms with Crippen LogP contribution in [0.5, 0.6) is 0 Å². The first-order valence-electron chi connectivity index (χ1n) is 4.71. The summed E-state index contributed by atoms with van der Waals surface area (Å²) in [4.78, 5) is 10.2. The summed E-state index contributed by atoms with van der Waals surface area (Å²) >= 11 is 0. The van der Waals surface area contributed by atoms with E-state index in [0.717, 1.165) is 0 Å². The second-order valence-corrected chi connectivity index (χ2v) is 5.32. The van der Waals surface area contributed by atoms with Gasteiger partial charge in [0.2, 0.25) is 0 Å². The zero-order valence-corrected chi connectivity index (χ0v) is 10.0. The van der Waals surface area contributed by atoms with E-state index in [9.17, 15) is 13.2 Å². The van der Waals surface area contributed by atoms with Gasteiger partial charge in [0.05, 0.1) is 0 Å². The van der Waals surface area contributed by atoms with E-state index in [1.807, 2.05) is 0 Å². The lowest BCUT2D eigenvalue weighted by Gasteiger charge is -2.20. The third-order valence-electron chi connectivity index (χ3n) is 1.96. The van der Waals surface area contributed by atoms with E-state index < -0.39 is 16.2 Å². The lowest BCUT2D eigenvalue weighted by atomic mass is 10.3. The molecule has 2 N–H and O–H groups in total. The first-order valence-corrected chi connectivity index (χ1v) is 6.16. The fraction of sp³-hybridized carbons (Fsp3) is 0.875. The second kappa shape index (κ2) is 6.04. The molecular formula is C8H18N2O4S. The van der Waals surface area contributed by atoms with Gasteiger partial charge in [-0.2, -0.15) is 12.7 Å². The highest BCUT2D eigenvalue weighted by Crippen LogP contribution is 2.00. The Morgan fingerprint density at radius 1 is 1.47 bits per heavy atom. The molecule has 0 aromatic heterocycles. The molecule has 0 aliphatic carbocycles. The van der Waals surface area contributed by atoms with Crippen LogP contribution in [0.2, 0.25) is 0 Å². The van der Waals surface area contributed by atoms with Gasteiger partial charge in [-0.25, -0.2) is 4.72 Å². The standard InChI is InChI=1S/C8H18N2O4S/c1-7(2)10(3)15(13,14)9-6-4-5-8(11)12/h7,9H,4-6H2,1-3H3,(H,11,12). The summed E-state index contributed by atoms with van der Waals surface area (Å²) in [6.07, 6.45) is 0.258. The zero-order valence-electron chi connectivity index (χ0n) is 9.23. The normalized spacial score (nSPS) is 12.3. The topological polar surface area (TPSA) is 86.7 Å². The van der Waals surface area contributed by atoms with Crippen LogP contribution in [0, 0.1) is 0 Å². The van der Waals surface area contributed by atoms with Crippen molar-refractivity contribution in [2.24, 2.45) is 0 Å². The predicted molar refractivity (Wildman–Crippen MR) is 56.7 cm³/mol. The first-order chi connectivity index (χ1) is 6.77. The summed E-state index contributed by atoms with van der Waals surface area (Å²) in [5, 5.41) is 8.35. The van der Waals surface area contributed by atoms with E-state index in [1.54, 1.807) is 13.8 Å². The monoisotopic (exact) mass is 238 g/mol. The van der Waals surface area contributed by atoms with E-state index >= 15 is 0 Å². The van der Waals surface area contributed by atoms with Crippen molar-refractivity contribution in [1.29, 1.82) is 0 Å². The Morgan fingerprint density at radius 3 is 2.40 bits per heavy atom. The van der Waals surface area contributed by atoms with E-state index in [-0.39, 0.29) is 19.0 Å². The van der Waals surface area contributed by atoms with E-state index in [4.69, 9.17) is 5.11 Å². The fourth-order valence-electron chi connectivity index (χ4n) is 0.820. The van der Waals surface area contributed by atoms with Crippen molar-refractivity contribution < 1.29 is 18.3 Å². The van der Waals surface area contributed by atoms with E-state index in [1.165, 1.54) is 11.4 Å². The van der Waals surface area contributed by atoms with Gasteiger partial charge in [0.1, 0.15) is 0 Å². The molecule has 0 bridgehead atoms. The van der Waals surface area contributed by atoms with Gasteiger partial charge in [0.25, 0.3) is 10.2 Å². The molecule has 15 heavy (non-hydrogen) atoms. The molecule has 0 heterocycles. The largest absolute Gasteiger partial charge is 0.481 e. The third kappa shape index (κ3) is 5.71. The summed E-state index contributed by atoms with van der Waals surface area (Å²) in [5.41, 5.74) is 0. The molecule has 0 unspecified atom stereocenters. The zero-order chi connectivity index (χ0) is 12.1. The van der Waals surface area contributed by atoms with Gasteiger partial charge in [-0.05, 0) is 20.3 Å². The Balaban J connectivity index is 4.00. The highest BCUT2D eigenvalue weighted by atomic mass is 32.2. The number of carboxylic acids is 1. The maximum atomic E-state index is 11.5. The minimum atomic E-state index is -3.47. The van der Waals surface area contributed by atoms with Crippen LogP contribution in [0.15, 0.2) is 0 Å². The molecule has 0 aromatic carbocycles. The fourth-order valence-corrected chi connectivity index (χ4v) is 1.98. The summed E-state index contributed by atoms with van der Waals surface area (Å²) in [6, 6.07) is -0.123. The van der Waals surface area contributed by atoms with Gasteiger partial charge < -0.3 is 5.11 Å². The molecule has 0 atom stereocenters. The number of carbonyl (C=O) groups is 1. The predicted octanol–water partition coefficient (Wildman–Crippen LogP) is 0.0258. The second-order valence-electron chi connectivity index (χ2n) is 3.51. The molecule has 0 saturated carbocycles. The molecule has 0 saturated heterocycles. The van der Waals surface area contributed by atoms with Crippen molar-refractivity contribution in [1.82, 2.24) is 9.03 Å². The van der Waals surface area contributed by atoms with Crippen molar-refractivity contribution in [3.63, 3.8) is 0 Å². The average Bonchev–Trinajstić information content (AvgIpc) is 2.10. The summed E-state index contributed by atoms with van der Waals surface area (Å²) in [7, 11) is -1.99. The Morgan fingerprint density at radius 2 is 2.00 bits per heavy atom. The molecule has 0 radical (unpaired) electrons. The molecule has 0 amide bonds. The smallest absolute Gasteiger partial charge is 0.303 e. The van der Waals surface area contributed by atoms with E-state index in [0.29, 0.717) is 6.42 Å². The molecule has 0 aliphatic heterocycles. The van der Waals surface area contributed by atoms with Crippen molar-refractivity contribution >= 4 is 16.2 Å². The van der Waals surface area contributed by atoms with Crippen LogP contribution in [0.3, 0.4) is 0 Å². The molecular weight excluding hydrogens is 220 g/mol. The Bertz CT molecular complexity index is 300. The Kier molecular flexibility index (Phi) is 5.77.